The first kappa shape index (κ1) is 11.1. The van der Waals surface area contributed by atoms with Gasteiger partial charge in [-0.3, -0.25) is 0 Å². The second-order valence-corrected chi connectivity index (χ2v) is 4.61. The largest absolute Gasteiger partial charge is 0.317 e. The topological polar surface area (TPSA) is 39.7 Å². The van der Waals surface area contributed by atoms with Crippen LogP contribution in [0.5, 0.6) is 0 Å². The molecule has 0 radical (unpaired) electrons. The number of pyridine rings is 1. The normalized spacial score (nSPS) is 17.0. The summed E-state index contributed by atoms with van der Waals surface area (Å²) >= 11 is 0. The number of aromatic nitrogens is 1. The molecule has 2 rings (SSSR count). The van der Waals surface area contributed by atoms with Gasteiger partial charge in [-0.2, -0.15) is 5.26 Å². The molecule has 3 heteroatoms. The van der Waals surface area contributed by atoms with Crippen LogP contribution in [-0.4, -0.2) is 13.1 Å². The molecule has 3 nitrogen and oxygen atoms in total. The first-order chi connectivity index (χ1) is 7.78. The summed E-state index contributed by atoms with van der Waals surface area (Å²) in [7, 11) is 1.98. The van der Waals surface area contributed by atoms with Gasteiger partial charge >= 0.3 is 0 Å². The molecule has 0 aliphatic carbocycles. The fourth-order valence-electron chi connectivity index (χ4n) is 2.38. The van der Waals surface area contributed by atoms with Gasteiger partial charge in [0.25, 0.3) is 0 Å². The van der Waals surface area contributed by atoms with E-state index in [-0.39, 0.29) is 0 Å². The summed E-state index contributed by atoms with van der Waals surface area (Å²) < 4.78 is 1.98. The van der Waals surface area contributed by atoms with E-state index in [9.17, 15) is 0 Å². The SMILES string of the molecule is C[n+]1cc(C#N)cc(CC2CCNCC2)c1. The summed E-state index contributed by atoms with van der Waals surface area (Å²) in [5.41, 5.74) is 2.04. The number of nitrogens with zero attached hydrogens (tertiary/aromatic N) is 2. The molecular formula is C13H18N3+. The van der Waals surface area contributed by atoms with Gasteiger partial charge in [-0.1, -0.05) is 0 Å². The number of hydrogen-bond acceptors (Lipinski definition) is 2. The van der Waals surface area contributed by atoms with Crippen LogP contribution in [0.3, 0.4) is 0 Å². The van der Waals surface area contributed by atoms with Crippen molar-refractivity contribution in [2.45, 2.75) is 19.3 Å². The standard InChI is InChI=1S/C13H18N3/c1-16-9-12(7-13(8-14)10-16)6-11-2-4-15-5-3-11/h7,9-11,15H,2-6H2,1H3/q+1. The van der Waals surface area contributed by atoms with Crippen LogP contribution in [-0.2, 0) is 13.5 Å². The Labute approximate surface area is 96.7 Å². The molecule has 1 N–H and O–H groups in total. The molecule has 2 heterocycles. The summed E-state index contributed by atoms with van der Waals surface area (Å²) in [6.07, 6.45) is 7.60. The third-order valence-electron chi connectivity index (χ3n) is 3.17. The Balaban J connectivity index is 2.08. The Kier molecular flexibility index (Phi) is 3.53. The molecule has 16 heavy (non-hydrogen) atoms. The predicted molar refractivity (Wildman–Crippen MR) is 61.6 cm³/mol. The Morgan fingerprint density at radius 2 is 2.19 bits per heavy atom. The van der Waals surface area contributed by atoms with Crippen molar-refractivity contribution < 1.29 is 4.57 Å². The molecule has 0 saturated carbocycles. The fraction of sp³-hybridized carbons (Fsp3) is 0.538. The lowest BCUT2D eigenvalue weighted by Gasteiger charge is -2.22. The van der Waals surface area contributed by atoms with Crippen molar-refractivity contribution in [3.8, 4) is 6.07 Å². The summed E-state index contributed by atoms with van der Waals surface area (Å²) in [5.74, 6) is 0.773. The predicted octanol–water partition coefficient (Wildman–Crippen LogP) is 0.925. The molecular weight excluding hydrogens is 198 g/mol. The van der Waals surface area contributed by atoms with Crippen LogP contribution in [0.1, 0.15) is 24.0 Å². The molecule has 1 aromatic heterocycles. The number of nitriles is 1. The van der Waals surface area contributed by atoms with Crippen molar-refractivity contribution in [2.75, 3.05) is 13.1 Å². The minimum Gasteiger partial charge on any atom is -0.317 e. The van der Waals surface area contributed by atoms with Crippen LogP contribution in [0, 0.1) is 17.2 Å². The molecule has 0 bridgehead atoms. The maximum atomic E-state index is 8.92. The quantitative estimate of drug-likeness (QED) is 0.747. The van der Waals surface area contributed by atoms with Gasteiger partial charge in [0.15, 0.2) is 12.4 Å². The summed E-state index contributed by atoms with van der Waals surface area (Å²) in [5, 5.41) is 12.3. The number of rotatable bonds is 2. The molecule has 0 aromatic carbocycles. The van der Waals surface area contributed by atoms with Crippen LogP contribution in [0.25, 0.3) is 0 Å². The van der Waals surface area contributed by atoms with Gasteiger partial charge in [0.1, 0.15) is 18.7 Å². The van der Waals surface area contributed by atoms with Crippen molar-refractivity contribution in [3.63, 3.8) is 0 Å². The molecule has 1 aliphatic heterocycles. The average molecular weight is 216 g/mol. The van der Waals surface area contributed by atoms with E-state index < -0.39 is 0 Å². The lowest BCUT2D eigenvalue weighted by Crippen LogP contribution is -2.31. The minimum atomic E-state index is 0.758. The number of piperidine rings is 1. The molecule has 0 spiro atoms. The van der Waals surface area contributed by atoms with Crippen LogP contribution in [0.2, 0.25) is 0 Å². The Morgan fingerprint density at radius 1 is 1.44 bits per heavy atom. The van der Waals surface area contributed by atoms with Gasteiger partial charge in [0, 0.05) is 5.56 Å². The van der Waals surface area contributed by atoms with E-state index in [2.05, 4.69) is 17.6 Å². The fourth-order valence-corrected chi connectivity index (χ4v) is 2.38. The van der Waals surface area contributed by atoms with E-state index in [0.29, 0.717) is 0 Å². The highest BCUT2D eigenvalue weighted by atomic mass is 14.9. The lowest BCUT2D eigenvalue weighted by molar-refractivity contribution is -0.672. The second-order valence-electron chi connectivity index (χ2n) is 4.61. The third kappa shape index (κ3) is 2.80. The summed E-state index contributed by atoms with van der Waals surface area (Å²) in [4.78, 5) is 0. The van der Waals surface area contributed by atoms with E-state index in [0.717, 1.165) is 31.0 Å². The van der Waals surface area contributed by atoms with Gasteiger partial charge in [-0.25, -0.2) is 4.57 Å². The first-order valence-electron chi connectivity index (χ1n) is 5.88. The van der Waals surface area contributed by atoms with Crippen molar-refractivity contribution >= 4 is 0 Å². The maximum absolute atomic E-state index is 8.92. The smallest absolute Gasteiger partial charge is 0.186 e. The van der Waals surface area contributed by atoms with Gasteiger partial charge in [0.2, 0.25) is 0 Å². The first-order valence-corrected chi connectivity index (χ1v) is 5.88. The van der Waals surface area contributed by atoms with Crippen LogP contribution < -0.4 is 9.88 Å². The van der Waals surface area contributed by atoms with E-state index in [1.165, 1.54) is 18.4 Å². The van der Waals surface area contributed by atoms with Crippen molar-refractivity contribution in [1.82, 2.24) is 5.32 Å². The highest BCUT2D eigenvalue weighted by molar-refractivity contribution is 5.27. The molecule has 84 valence electrons. The van der Waals surface area contributed by atoms with Crippen molar-refractivity contribution in [1.29, 1.82) is 5.26 Å². The van der Waals surface area contributed by atoms with Crippen molar-refractivity contribution in [2.24, 2.45) is 13.0 Å². The van der Waals surface area contributed by atoms with Crippen LogP contribution in [0.15, 0.2) is 18.5 Å². The van der Waals surface area contributed by atoms with Gasteiger partial charge in [0.05, 0.1) is 0 Å². The summed E-state index contributed by atoms with van der Waals surface area (Å²) in [6.45, 7) is 2.27. The van der Waals surface area contributed by atoms with Gasteiger partial charge in [-0.15, -0.1) is 0 Å². The Morgan fingerprint density at radius 3 is 2.88 bits per heavy atom. The summed E-state index contributed by atoms with van der Waals surface area (Å²) in [6, 6.07) is 4.23. The molecule has 0 unspecified atom stereocenters. The monoisotopic (exact) mass is 216 g/mol. The van der Waals surface area contributed by atoms with Gasteiger partial charge in [-0.05, 0) is 44.3 Å². The van der Waals surface area contributed by atoms with Crippen LogP contribution in [0.4, 0.5) is 0 Å². The number of nitrogens with one attached hydrogen (secondary N) is 1. The average Bonchev–Trinajstić information content (AvgIpc) is 2.29. The zero-order valence-electron chi connectivity index (χ0n) is 9.74. The molecule has 1 aromatic rings. The van der Waals surface area contributed by atoms with E-state index in [1.807, 2.05) is 23.9 Å². The molecule has 0 amide bonds. The Hall–Kier alpha value is -1.40. The van der Waals surface area contributed by atoms with E-state index in [4.69, 9.17) is 5.26 Å². The highest BCUT2D eigenvalue weighted by Crippen LogP contribution is 2.17. The van der Waals surface area contributed by atoms with E-state index in [1.54, 1.807) is 0 Å². The molecule has 0 atom stereocenters. The lowest BCUT2D eigenvalue weighted by atomic mass is 9.91. The van der Waals surface area contributed by atoms with Gasteiger partial charge < -0.3 is 5.32 Å². The zero-order chi connectivity index (χ0) is 11.4. The second kappa shape index (κ2) is 5.09. The maximum Gasteiger partial charge on any atom is 0.186 e. The number of aryl methyl sites for hydroxylation is 1. The third-order valence-corrected chi connectivity index (χ3v) is 3.17. The molecule has 1 saturated heterocycles. The molecule has 1 fully saturated rings. The number of hydrogen-bond donors (Lipinski definition) is 1. The highest BCUT2D eigenvalue weighted by Gasteiger charge is 2.15. The molecule has 1 aliphatic rings. The van der Waals surface area contributed by atoms with Crippen LogP contribution >= 0.6 is 0 Å². The zero-order valence-corrected chi connectivity index (χ0v) is 9.74. The Bertz CT molecular complexity index is 400. The van der Waals surface area contributed by atoms with Crippen molar-refractivity contribution in [3.05, 3.63) is 29.6 Å². The minimum absolute atomic E-state index is 0.758. The van der Waals surface area contributed by atoms with E-state index >= 15 is 0 Å².